The zero-order valence-corrected chi connectivity index (χ0v) is 9.23. The minimum atomic E-state index is -1.14. The van der Waals surface area contributed by atoms with Gasteiger partial charge in [-0.3, -0.25) is 0 Å². The third-order valence-corrected chi connectivity index (χ3v) is 2.11. The van der Waals surface area contributed by atoms with Crippen molar-refractivity contribution in [3.05, 3.63) is 0 Å². The van der Waals surface area contributed by atoms with Gasteiger partial charge in [-0.25, -0.2) is 9.59 Å². The summed E-state index contributed by atoms with van der Waals surface area (Å²) in [5.41, 5.74) is 0. The number of aliphatic hydroxyl groups is 1. The lowest BCUT2D eigenvalue weighted by Crippen LogP contribution is -2.48. The molecule has 6 heteroatoms. The number of carboxylic acid groups (broad SMARTS) is 1. The average molecular weight is 218 g/mol. The first-order valence-corrected chi connectivity index (χ1v) is 4.77. The van der Waals surface area contributed by atoms with Crippen LogP contribution >= 0.6 is 0 Å². The van der Waals surface area contributed by atoms with E-state index < -0.39 is 18.0 Å². The molecule has 1 atom stereocenters. The molecule has 0 fully saturated rings. The summed E-state index contributed by atoms with van der Waals surface area (Å²) in [6.45, 7) is 3.37. The van der Waals surface area contributed by atoms with Crippen LogP contribution in [0.5, 0.6) is 0 Å². The minimum Gasteiger partial charge on any atom is -0.480 e. The lowest BCUT2D eigenvalue weighted by molar-refractivity contribution is -0.139. The van der Waals surface area contributed by atoms with Crippen molar-refractivity contribution in [3.8, 4) is 0 Å². The largest absolute Gasteiger partial charge is 0.480 e. The summed E-state index contributed by atoms with van der Waals surface area (Å²) in [7, 11) is 1.58. The molecule has 88 valence electrons. The van der Waals surface area contributed by atoms with Crippen molar-refractivity contribution >= 4 is 12.0 Å². The van der Waals surface area contributed by atoms with Crippen LogP contribution in [0.25, 0.3) is 0 Å². The highest BCUT2D eigenvalue weighted by Gasteiger charge is 2.21. The number of aliphatic carboxylic acids is 1. The van der Waals surface area contributed by atoms with Crippen molar-refractivity contribution in [2.45, 2.75) is 32.4 Å². The maximum Gasteiger partial charge on any atom is 0.326 e. The molecule has 0 bridgehead atoms. The number of nitrogens with zero attached hydrogens (tertiary/aromatic N) is 1. The van der Waals surface area contributed by atoms with Crippen LogP contribution in [0.1, 0.15) is 20.3 Å². The minimum absolute atomic E-state index is 0.00595. The van der Waals surface area contributed by atoms with Gasteiger partial charge in [0, 0.05) is 26.1 Å². The fourth-order valence-corrected chi connectivity index (χ4v) is 0.872. The van der Waals surface area contributed by atoms with E-state index in [1.54, 1.807) is 7.05 Å². The first-order valence-electron chi connectivity index (χ1n) is 4.77. The van der Waals surface area contributed by atoms with Crippen LogP contribution in [0.2, 0.25) is 0 Å². The first-order chi connectivity index (χ1) is 6.90. The van der Waals surface area contributed by atoms with E-state index in [-0.39, 0.29) is 19.1 Å². The molecular formula is C9H18N2O4. The summed E-state index contributed by atoms with van der Waals surface area (Å²) >= 11 is 0. The van der Waals surface area contributed by atoms with Crippen molar-refractivity contribution in [2.24, 2.45) is 0 Å². The summed E-state index contributed by atoms with van der Waals surface area (Å²) in [6, 6.07) is -1.50. The Labute approximate surface area is 88.9 Å². The summed E-state index contributed by atoms with van der Waals surface area (Å²) in [5.74, 6) is -1.14. The van der Waals surface area contributed by atoms with Crippen LogP contribution in [0.4, 0.5) is 4.79 Å². The number of aliphatic hydroxyl groups excluding tert-OH is 1. The van der Waals surface area contributed by atoms with E-state index in [9.17, 15) is 9.59 Å². The molecule has 0 spiro atoms. The van der Waals surface area contributed by atoms with Gasteiger partial charge in [0.05, 0.1) is 0 Å². The van der Waals surface area contributed by atoms with Crippen molar-refractivity contribution in [1.29, 1.82) is 0 Å². The SMILES string of the molecule is CC(C)N(C)C(=O)N[C@H](CCO)C(=O)O. The second kappa shape index (κ2) is 6.23. The highest BCUT2D eigenvalue weighted by molar-refractivity contribution is 5.82. The maximum absolute atomic E-state index is 11.4. The smallest absolute Gasteiger partial charge is 0.326 e. The van der Waals surface area contributed by atoms with Crippen LogP contribution in [-0.2, 0) is 4.79 Å². The number of amides is 2. The summed E-state index contributed by atoms with van der Waals surface area (Å²) in [4.78, 5) is 23.5. The molecule has 15 heavy (non-hydrogen) atoms. The van der Waals surface area contributed by atoms with Gasteiger partial charge in [-0.05, 0) is 13.8 Å². The van der Waals surface area contributed by atoms with E-state index in [1.165, 1.54) is 4.90 Å². The van der Waals surface area contributed by atoms with Gasteiger partial charge in [-0.1, -0.05) is 0 Å². The van der Waals surface area contributed by atoms with Gasteiger partial charge in [0.2, 0.25) is 0 Å². The van der Waals surface area contributed by atoms with E-state index in [1.807, 2.05) is 13.8 Å². The highest BCUT2D eigenvalue weighted by atomic mass is 16.4. The Hall–Kier alpha value is -1.30. The molecule has 2 amide bonds. The van der Waals surface area contributed by atoms with Crippen LogP contribution in [0.15, 0.2) is 0 Å². The summed E-state index contributed by atoms with van der Waals surface area (Å²) in [6.07, 6.45) is 0.00695. The molecule has 0 radical (unpaired) electrons. The Balaban J connectivity index is 4.28. The van der Waals surface area contributed by atoms with Crippen molar-refractivity contribution in [3.63, 3.8) is 0 Å². The van der Waals surface area contributed by atoms with E-state index in [4.69, 9.17) is 10.2 Å². The van der Waals surface area contributed by atoms with Crippen molar-refractivity contribution in [1.82, 2.24) is 10.2 Å². The average Bonchev–Trinajstić information content (AvgIpc) is 2.15. The maximum atomic E-state index is 11.4. The summed E-state index contributed by atoms with van der Waals surface area (Å²) in [5, 5.41) is 19.7. The number of hydrogen-bond donors (Lipinski definition) is 3. The molecule has 0 aromatic rings. The lowest BCUT2D eigenvalue weighted by atomic mass is 10.2. The highest BCUT2D eigenvalue weighted by Crippen LogP contribution is 1.97. The number of hydrogen-bond acceptors (Lipinski definition) is 3. The fourth-order valence-electron chi connectivity index (χ4n) is 0.872. The predicted octanol–water partition coefficient (Wildman–Crippen LogP) is -0.128. The van der Waals surface area contributed by atoms with Gasteiger partial charge >= 0.3 is 12.0 Å². The molecule has 6 nitrogen and oxygen atoms in total. The molecular weight excluding hydrogens is 200 g/mol. The summed E-state index contributed by atoms with van der Waals surface area (Å²) < 4.78 is 0. The Morgan fingerprint density at radius 3 is 2.27 bits per heavy atom. The molecule has 0 aliphatic heterocycles. The zero-order chi connectivity index (χ0) is 12.0. The Morgan fingerprint density at radius 2 is 1.93 bits per heavy atom. The fraction of sp³-hybridized carbons (Fsp3) is 0.778. The molecule has 0 saturated heterocycles. The van der Waals surface area contributed by atoms with E-state index in [2.05, 4.69) is 5.32 Å². The molecule has 3 N–H and O–H groups in total. The number of carboxylic acids is 1. The predicted molar refractivity (Wildman–Crippen MR) is 54.6 cm³/mol. The normalized spacial score (nSPS) is 12.3. The molecule has 0 rings (SSSR count). The Bertz CT molecular complexity index is 230. The van der Waals surface area contributed by atoms with Crippen LogP contribution in [0, 0.1) is 0 Å². The van der Waals surface area contributed by atoms with Gasteiger partial charge in [-0.15, -0.1) is 0 Å². The molecule has 0 aromatic carbocycles. The van der Waals surface area contributed by atoms with Gasteiger partial charge < -0.3 is 20.4 Å². The molecule has 0 unspecified atom stereocenters. The molecule has 0 aromatic heterocycles. The van der Waals surface area contributed by atoms with E-state index >= 15 is 0 Å². The van der Waals surface area contributed by atoms with E-state index in [0.717, 1.165) is 0 Å². The molecule has 0 aliphatic carbocycles. The van der Waals surface area contributed by atoms with E-state index in [0.29, 0.717) is 0 Å². The van der Waals surface area contributed by atoms with Gasteiger partial charge in [-0.2, -0.15) is 0 Å². The topological polar surface area (TPSA) is 89.9 Å². The molecule has 0 saturated carbocycles. The number of rotatable bonds is 5. The number of urea groups is 1. The van der Waals surface area contributed by atoms with Gasteiger partial charge in [0.15, 0.2) is 0 Å². The van der Waals surface area contributed by atoms with Gasteiger partial charge in [0.1, 0.15) is 6.04 Å². The van der Waals surface area contributed by atoms with Crippen LogP contribution < -0.4 is 5.32 Å². The van der Waals surface area contributed by atoms with Crippen LogP contribution in [0.3, 0.4) is 0 Å². The number of carbonyl (C=O) groups excluding carboxylic acids is 1. The van der Waals surface area contributed by atoms with Gasteiger partial charge in [0.25, 0.3) is 0 Å². The van der Waals surface area contributed by atoms with Crippen molar-refractivity contribution < 1.29 is 19.8 Å². The third kappa shape index (κ3) is 4.64. The Morgan fingerprint density at radius 1 is 1.40 bits per heavy atom. The van der Waals surface area contributed by atoms with Crippen molar-refractivity contribution in [2.75, 3.05) is 13.7 Å². The monoisotopic (exact) mass is 218 g/mol. The second-order valence-corrected chi connectivity index (χ2v) is 3.56. The molecule has 0 aliphatic rings. The zero-order valence-electron chi connectivity index (χ0n) is 9.23. The van der Waals surface area contributed by atoms with Crippen LogP contribution in [-0.4, -0.2) is 52.9 Å². The number of carbonyl (C=O) groups is 2. The Kier molecular flexibility index (Phi) is 5.69. The quantitative estimate of drug-likeness (QED) is 0.599. The second-order valence-electron chi connectivity index (χ2n) is 3.56. The number of nitrogens with one attached hydrogen (secondary N) is 1. The standard InChI is InChI=1S/C9H18N2O4/c1-6(2)11(3)9(15)10-7(4-5-12)8(13)14/h6-7,12H,4-5H2,1-3H3,(H,10,15)(H,13,14)/t7-/m1/s1. The third-order valence-electron chi connectivity index (χ3n) is 2.11. The molecule has 0 heterocycles. The lowest BCUT2D eigenvalue weighted by Gasteiger charge is -2.24. The first kappa shape index (κ1) is 13.7.